The predicted molar refractivity (Wildman–Crippen MR) is 63.0 cm³/mol. The van der Waals surface area contributed by atoms with Gasteiger partial charge in [-0.1, -0.05) is 24.6 Å². The molecule has 1 aromatic rings. The van der Waals surface area contributed by atoms with Gasteiger partial charge in [-0.2, -0.15) is 0 Å². The van der Waals surface area contributed by atoms with E-state index in [4.69, 9.17) is 17.3 Å². The van der Waals surface area contributed by atoms with E-state index < -0.39 is 5.82 Å². The summed E-state index contributed by atoms with van der Waals surface area (Å²) in [6.07, 6.45) is 1.12. The second-order valence-corrected chi connectivity index (χ2v) is 4.26. The van der Waals surface area contributed by atoms with Crippen molar-refractivity contribution in [1.82, 2.24) is 0 Å². The summed E-state index contributed by atoms with van der Waals surface area (Å²) in [6, 6.07) is 4.19. The Morgan fingerprint density at radius 3 is 2.81 bits per heavy atom. The summed E-state index contributed by atoms with van der Waals surface area (Å²) in [4.78, 5) is 11.5. The van der Waals surface area contributed by atoms with Gasteiger partial charge in [0, 0.05) is 23.9 Å². The summed E-state index contributed by atoms with van der Waals surface area (Å²) in [5, 5.41) is 0.332. The molecule has 0 aliphatic heterocycles. The molecule has 1 aromatic carbocycles. The lowest BCUT2D eigenvalue weighted by molar-refractivity contribution is -0.118. The molecule has 88 valence electrons. The van der Waals surface area contributed by atoms with E-state index in [9.17, 15) is 9.18 Å². The second-order valence-electron chi connectivity index (χ2n) is 3.82. The average molecular weight is 244 g/mol. The van der Waals surface area contributed by atoms with Crippen LogP contribution in [-0.2, 0) is 11.2 Å². The monoisotopic (exact) mass is 243 g/mol. The molecule has 0 aliphatic carbocycles. The van der Waals surface area contributed by atoms with Crippen LogP contribution >= 0.6 is 11.6 Å². The number of Topliss-reactive ketones (excluding diaryl/α,β-unsaturated/α-hetero) is 1. The Balaban J connectivity index is 2.63. The fraction of sp³-hybridized carbons (Fsp3) is 0.417. The van der Waals surface area contributed by atoms with Crippen LogP contribution in [0.4, 0.5) is 4.39 Å². The van der Waals surface area contributed by atoms with E-state index in [1.165, 1.54) is 12.1 Å². The third-order valence-electron chi connectivity index (χ3n) is 2.42. The highest BCUT2D eigenvalue weighted by Crippen LogP contribution is 2.15. The van der Waals surface area contributed by atoms with Crippen molar-refractivity contribution >= 4 is 17.4 Å². The maximum absolute atomic E-state index is 13.4. The van der Waals surface area contributed by atoms with E-state index in [1.54, 1.807) is 6.07 Å². The van der Waals surface area contributed by atoms with Crippen LogP contribution < -0.4 is 5.73 Å². The minimum atomic E-state index is -0.439. The zero-order valence-electron chi connectivity index (χ0n) is 9.17. The van der Waals surface area contributed by atoms with Crippen molar-refractivity contribution in [2.75, 3.05) is 0 Å². The lowest BCUT2D eigenvalue weighted by atomic mass is 10.0. The van der Waals surface area contributed by atoms with Crippen molar-refractivity contribution in [1.29, 1.82) is 0 Å². The highest BCUT2D eigenvalue weighted by atomic mass is 35.5. The molecule has 0 fully saturated rings. The highest BCUT2D eigenvalue weighted by Gasteiger charge is 2.11. The van der Waals surface area contributed by atoms with Gasteiger partial charge in [-0.25, -0.2) is 4.39 Å². The van der Waals surface area contributed by atoms with Gasteiger partial charge in [0.2, 0.25) is 0 Å². The van der Waals surface area contributed by atoms with Crippen LogP contribution in [0.25, 0.3) is 0 Å². The Morgan fingerprint density at radius 2 is 2.25 bits per heavy atom. The molecule has 0 aliphatic rings. The Bertz CT molecular complexity index is 381. The summed E-state index contributed by atoms with van der Waals surface area (Å²) in [5.74, 6) is -0.485. The number of benzene rings is 1. The van der Waals surface area contributed by atoms with E-state index in [1.807, 2.05) is 6.92 Å². The van der Waals surface area contributed by atoms with Gasteiger partial charge in [-0.05, 0) is 24.1 Å². The second kappa shape index (κ2) is 5.97. The van der Waals surface area contributed by atoms with Crippen LogP contribution in [0.15, 0.2) is 18.2 Å². The Morgan fingerprint density at radius 1 is 1.56 bits per heavy atom. The lowest BCUT2D eigenvalue weighted by Crippen LogP contribution is -2.23. The molecule has 0 amide bonds. The van der Waals surface area contributed by atoms with Gasteiger partial charge in [0.15, 0.2) is 0 Å². The molecule has 0 aromatic heterocycles. The largest absolute Gasteiger partial charge is 0.327 e. The summed E-state index contributed by atoms with van der Waals surface area (Å²) in [5.41, 5.74) is 6.03. The molecule has 0 radical (unpaired) electrons. The van der Waals surface area contributed by atoms with Crippen molar-refractivity contribution < 1.29 is 9.18 Å². The first-order chi connectivity index (χ1) is 7.52. The van der Waals surface area contributed by atoms with E-state index >= 15 is 0 Å². The molecular formula is C12H15ClFNO. The topological polar surface area (TPSA) is 43.1 Å². The summed E-state index contributed by atoms with van der Waals surface area (Å²) in [6.45, 7) is 1.92. The van der Waals surface area contributed by atoms with Crippen LogP contribution in [0.5, 0.6) is 0 Å². The summed E-state index contributed by atoms with van der Waals surface area (Å²) >= 11 is 5.62. The Kier molecular flexibility index (Phi) is 4.90. The van der Waals surface area contributed by atoms with Crippen LogP contribution in [0.2, 0.25) is 5.02 Å². The predicted octanol–water partition coefficient (Wildman–Crippen LogP) is 2.72. The van der Waals surface area contributed by atoms with Gasteiger partial charge in [-0.15, -0.1) is 0 Å². The molecule has 1 unspecified atom stereocenters. The minimum absolute atomic E-state index is 0.0458. The molecular weight excluding hydrogens is 229 g/mol. The Labute approximate surface area is 99.6 Å². The molecule has 0 heterocycles. The number of ketones is 1. The fourth-order valence-electron chi connectivity index (χ4n) is 1.39. The number of rotatable bonds is 5. The van der Waals surface area contributed by atoms with E-state index in [0.717, 1.165) is 6.42 Å². The molecule has 0 saturated carbocycles. The standard InChI is InChI=1S/C12H15ClFNO/c1-2-10(15)7-11(16)5-8-3-4-9(13)6-12(8)14/h3-4,6,10H,2,5,7,15H2,1H3. The van der Waals surface area contributed by atoms with Crippen LogP contribution in [0, 0.1) is 5.82 Å². The molecule has 4 heteroatoms. The van der Waals surface area contributed by atoms with E-state index in [-0.39, 0.29) is 18.2 Å². The molecule has 2 nitrogen and oxygen atoms in total. The van der Waals surface area contributed by atoms with Crippen molar-refractivity contribution in [3.05, 3.63) is 34.6 Å². The van der Waals surface area contributed by atoms with Crippen molar-refractivity contribution in [2.45, 2.75) is 32.2 Å². The van der Waals surface area contributed by atoms with Crippen molar-refractivity contribution in [2.24, 2.45) is 5.73 Å². The van der Waals surface area contributed by atoms with Crippen LogP contribution in [-0.4, -0.2) is 11.8 Å². The first-order valence-corrected chi connectivity index (χ1v) is 5.62. The maximum atomic E-state index is 13.4. The van der Waals surface area contributed by atoms with Gasteiger partial charge < -0.3 is 5.73 Å². The van der Waals surface area contributed by atoms with Crippen molar-refractivity contribution in [3.63, 3.8) is 0 Å². The number of hydrogen-bond acceptors (Lipinski definition) is 2. The normalized spacial score (nSPS) is 12.5. The molecule has 1 atom stereocenters. The number of hydrogen-bond donors (Lipinski definition) is 1. The van der Waals surface area contributed by atoms with Gasteiger partial charge in [0.25, 0.3) is 0 Å². The van der Waals surface area contributed by atoms with Crippen LogP contribution in [0.1, 0.15) is 25.3 Å². The highest BCUT2D eigenvalue weighted by molar-refractivity contribution is 6.30. The molecule has 0 spiro atoms. The molecule has 16 heavy (non-hydrogen) atoms. The molecule has 0 saturated heterocycles. The molecule has 1 rings (SSSR count). The summed E-state index contributed by atoms with van der Waals surface area (Å²) < 4.78 is 13.4. The zero-order chi connectivity index (χ0) is 12.1. The van der Waals surface area contributed by atoms with Crippen LogP contribution in [0.3, 0.4) is 0 Å². The smallest absolute Gasteiger partial charge is 0.138 e. The van der Waals surface area contributed by atoms with E-state index in [0.29, 0.717) is 17.0 Å². The van der Waals surface area contributed by atoms with E-state index in [2.05, 4.69) is 0 Å². The average Bonchev–Trinajstić information content (AvgIpc) is 2.22. The van der Waals surface area contributed by atoms with Gasteiger partial charge in [0.05, 0.1) is 0 Å². The number of nitrogens with two attached hydrogens (primary N) is 1. The number of carbonyl (C=O) groups excluding carboxylic acids is 1. The number of carbonyl (C=O) groups is 1. The maximum Gasteiger partial charge on any atom is 0.138 e. The SMILES string of the molecule is CCC(N)CC(=O)Cc1ccc(Cl)cc1F. The molecule has 0 bridgehead atoms. The summed E-state index contributed by atoms with van der Waals surface area (Å²) in [7, 11) is 0. The third kappa shape index (κ3) is 3.91. The Hall–Kier alpha value is -0.930. The van der Waals surface area contributed by atoms with Gasteiger partial charge >= 0.3 is 0 Å². The molecule has 2 N–H and O–H groups in total. The lowest BCUT2D eigenvalue weighted by Gasteiger charge is -2.08. The fourth-order valence-corrected chi connectivity index (χ4v) is 1.55. The zero-order valence-corrected chi connectivity index (χ0v) is 9.93. The first kappa shape index (κ1) is 13.1. The number of halogens is 2. The van der Waals surface area contributed by atoms with Crippen molar-refractivity contribution in [3.8, 4) is 0 Å². The van der Waals surface area contributed by atoms with Gasteiger partial charge in [-0.3, -0.25) is 4.79 Å². The third-order valence-corrected chi connectivity index (χ3v) is 2.65. The minimum Gasteiger partial charge on any atom is -0.327 e. The first-order valence-electron chi connectivity index (χ1n) is 5.24. The quantitative estimate of drug-likeness (QED) is 0.864. The van der Waals surface area contributed by atoms with Gasteiger partial charge in [0.1, 0.15) is 11.6 Å².